The van der Waals surface area contributed by atoms with E-state index in [2.05, 4.69) is 23.8 Å². The maximum atomic E-state index is 13.4. The van der Waals surface area contributed by atoms with E-state index < -0.39 is 105 Å². The summed E-state index contributed by atoms with van der Waals surface area (Å²) in [6, 6.07) is 4.92. The smallest absolute Gasteiger partial charge is 0.744 e. The molecule has 1 aliphatic rings. The van der Waals surface area contributed by atoms with E-state index in [9.17, 15) is 59.5 Å². The molecule has 2 heterocycles. The Morgan fingerprint density at radius 1 is 0.983 bits per heavy atom. The summed E-state index contributed by atoms with van der Waals surface area (Å²) in [5, 5.41) is 41.5. The van der Waals surface area contributed by atoms with Gasteiger partial charge in [0.15, 0.2) is 11.4 Å². The van der Waals surface area contributed by atoms with Crippen molar-refractivity contribution in [3.8, 4) is 29.3 Å². The molecule has 0 spiro atoms. The molecule has 0 bridgehead atoms. The van der Waals surface area contributed by atoms with Crippen molar-refractivity contribution in [2.45, 2.75) is 21.6 Å². The Morgan fingerprint density at radius 2 is 1.61 bits per heavy atom. The topological polar surface area (TPSA) is 340 Å². The van der Waals surface area contributed by atoms with E-state index >= 15 is 0 Å². The zero-order valence-electron chi connectivity index (χ0n) is 30.9. The molecule has 30 heteroatoms. The summed E-state index contributed by atoms with van der Waals surface area (Å²) in [5.74, 6) is -3.37. The molecule has 1 aliphatic heterocycles. The number of aliphatic hydroxyl groups excluding tert-OH is 1. The molecule has 22 nitrogen and oxygen atoms in total. The molecule has 3 aromatic rings. The molecule has 0 saturated heterocycles. The van der Waals surface area contributed by atoms with Crippen LogP contribution in [0.15, 0.2) is 86.1 Å². The Morgan fingerprint density at radius 3 is 2.19 bits per heavy atom. The van der Waals surface area contributed by atoms with Crippen LogP contribution in [0.5, 0.6) is 11.6 Å². The minimum atomic E-state index is -5.35. The number of amides is 1. The van der Waals surface area contributed by atoms with Crippen molar-refractivity contribution in [3.05, 3.63) is 77.5 Å². The third-order valence-corrected chi connectivity index (χ3v) is 9.22. The van der Waals surface area contributed by atoms with Crippen molar-refractivity contribution in [3.63, 3.8) is 0 Å². The first kappa shape index (κ1) is 59.8. The fraction of sp³-hybridized carbons (Fsp3) is 0.0690. The first-order chi connectivity index (χ1) is 25.9. The SMILES string of the molecule is CCOC(=O)c1nn(-c2cc(SOO[O-])ccc2S(=O)(=O)[O-])c(O)c1C=CC=C/C=C1\C(=O)N(c2cc(OS(=O)[O-])ccc2S(=O)(=O)[O-])N=C1C(=O)C#CO.[K+].[K+].[K+].[K+]. The van der Waals surface area contributed by atoms with Crippen LogP contribution in [-0.2, 0) is 55.3 Å². The third-order valence-electron chi connectivity index (χ3n) is 6.55. The fourth-order valence-corrected chi connectivity index (χ4v) is 6.37. The molecule has 0 radical (unpaired) electrons. The van der Waals surface area contributed by atoms with Crippen LogP contribution in [0.25, 0.3) is 11.8 Å². The number of ether oxygens (including phenoxy) is 1. The van der Waals surface area contributed by atoms with Gasteiger partial charge in [-0.15, -0.1) is 0 Å². The molecular weight excluding hydrogens is 977 g/mol. The number of anilines is 1. The second-order valence-corrected chi connectivity index (χ2v) is 13.9. The second kappa shape index (κ2) is 27.3. The van der Waals surface area contributed by atoms with Crippen molar-refractivity contribution in [2.75, 3.05) is 11.6 Å². The van der Waals surface area contributed by atoms with Crippen molar-refractivity contribution >= 4 is 78.8 Å². The molecule has 1 unspecified atom stereocenters. The van der Waals surface area contributed by atoms with Gasteiger partial charge in [-0.25, -0.2) is 25.8 Å². The summed E-state index contributed by atoms with van der Waals surface area (Å²) in [5.41, 5.74) is -3.75. The summed E-state index contributed by atoms with van der Waals surface area (Å²) in [7, 11) is -10.6. The van der Waals surface area contributed by atoms with E-state index in [1.54, 1.807) is 5.92 Å². The van der Waals surface area contributed by atoms with E-state index in [1.165, 1.54) is 13.0 Å². The van der Waals surface area contributed by atoms with Gasteiger partial charge >= 0.3 is 212 Å². The minimum Gasteiger partial charge on any atom is -0.744 e. The number of aromatic nitrogens is 2. The molecule has 290 valence electrons. The summed E-state index contributed by atoms with van der Waals surface area (Å²) in [6.45, 7) is 1.27. The van der Waals surface area contributed by atoms with Gasteiger partial charge in [-0.05, 0) is 49.4 Å². The van der Waals surface area contributed by atoms with Crippen LogP contribution >= 0.6 is 12.0 Å². The molecule has 0 aliphatic carbocycles. The molecule has 2 aromatic carbocycles. The van der Waals surface area contributed by atoms with Crippen LogP contribution in [0.2, 0.25) is 0 Å². The molecular formula is C29H18K4N4O18S4. The number of hydrazone groups is 1. The Labute approximate surface area is 511 Å². The second-order valence-electron chi connectivity index (χ2n) is 9.85. The van der Waals surface area contributed by atoms with Gasteiger partial charge in [0.25, 0.3) is 11.7 Å². The van der Waals surface area contributed by atoms with Crippen LogP contribution in [0.4, 0.5) is 5.69 Å². The Bertz CT molecular complexity index is 2520. The summed E-state index contributed by atoms with van der Waals surface area (Å²) >= 11 is -2.88. The number of hydrogen-bond donors (Lipinski definition) is 2. The number of carbonyl (C=O) groups excluding carboxylic acids is 3. The van der Waals surface area contributed by atoms with Gasteiger partial charge < -0.3 is 38.0 Å². The number of benzene rings is 2. The van der Waals surface area contributed by atoms with Gasteiger partial charge in [0.05, 0.1) is 51.0 Å². The number of hydrogen-bond acceptors (Lipinski definition) is 21. The number of ketones is 1. The summed E-state index contributed by atoms with van der Waals surface area (Å²) in [4.78, 5) is 36.9. The van der Waals surface area contributed by atoms with Crippen LogP contribution in [0.1, 0.15) is 23.0 Å². The molecule has 4 rings (SSSR count). The van der Waals surface area contributed by atoms with E-state index in [0.29, 0.717) is 28.9 Å². The fourth-order valence-electron chi connectivity index (χ4n) is 4.45. The molecule has 1 amide bonds. The van der Waals surface area contributed by atoms with Crippen molar-refractivity contribution < 1.29 is 288 Å². The zero-order chi connectivity index (χ0) is 40.7. The Hall–Kier alpha value is 0.815. The summed E-state index contributed by atoms with van der Waals surface area (Å²) < 4.78 is 108. The zero-order valence-corrected chi connectivity index (χ0v) is 46.7. The first-order valence-electron chi connectivity index (χ1n) is 14.2. The van der Waals surface area contributed by atoms with Crippen LogP contribution in [-0.4, -0.2) is 84.7 Å². The monoisotopic (exact) mass is 994 g/mol. The minimum absolute atomic E-state index is 0. The van der Waals surface area contributed by atoms with Gasteiger partial charge in [0.1, 0.15) is 43.5 Å². The summed E-state index contributed by atoms with van der Waals surface area (Å²) in [6.07, 6.45) is 6.67. The van der Waals surface area contributed by atoms with Gasteiger partial charge in [0.2, 0.25) is 5.88 Å². The molecule has 0 fully saturated rings. The number of aliphatic hydroxyl groups is 1. The quantitative estimate of drug-likeness (QED) is 0.0136. The first-order valence-corrected chi connectivity index (χ1v) is 18.8. The standard InChI is InChI=1S/C29H22N4O18S4.4K/c1-2-48-29(38)26-19(28(37)33(31-26)21-15-17(52-51-50-39)9-11-24(21)55(45,46)47)7-5-3-4-6-18-25(22(35)12-13-34)30-32(27(18)36)20-14-16(49-53(40)41)8-10-23(20)54(42,43)44;;;;/h3-11,14-15,34,37,39H,2H2,1H3,(H,40,41)(H,42,43,44)(H,45,46,47);;;;/q;4*+1/p-4/b4-3?,7-5?,18-6-;;;;. The van der Waals surface area contributed by atoms with Gasteiger partial charge in [-0.1, -0.05) is 18.2 Å². The van der Waals surface area contributed by atoms with Crippen molar-refractivity contribution in [1.82, 2.24) is 9.78 Å². The average molecular weight is 995 g/mol. The number of aromatic hydroxyl groups is 1. The number of rotatable bonds is 15. The van der Waals surface area contributed by atoms with Gasteiger partial charge in [-0.2, -0.15) is 24.2 Å². The third kappa shape index (κ3) is 16.0. The van der Waals surface area contributed by atoms with Gasteiger partial charge in [-0.3, -0.25) is 14.6 Å². The number of allylic oxidation sites excluding steroid dienone is 4. The van der Waals surface area contributed by atoms with Crippen LogP contribution < -0.4 is 220 Å². The van der Waals surface area contributed by atoms with E-state index in [1.807, 2.05) is 0 Å². The average Bonchev–Trinajstić information content (AvgIpc) is 3.61. The largest absolute Gasteiger partial charge is 1.00 e. The number of nitrogens with zero attached hydrogens (tertiary/aromatic N) is 4. The maximum Gasteiger partial charge on any atom is 1.00 e. The van der Waals surface area contributed by atoms with Crippen molar-refractivity contribution in [2.24, 2.45) is 5.10 Å². The van der Waals surface area contributed by atoms with E-state index in [-0.39, 0.29) is 222 Å². The molecule has 1 aromatic heterocycles. The van der Waals surface area contributed by atoms with Crippen LogP contribution in [0.3, 0.4) is 0 Å². The van der Waals surface area contributed by atoms with Crippen LogP contribution in [0, 0.1) is 12.0 Å². The maximum absolute atomic E-state index is 13.4. The molecule has 59 heavy (non-hydrogen) atoms. The number of esters is 1. The Balaban J connectivity index is 0.00000841. The molecule has 0 saturated carbocycles. The van der Waals surface area contributed by atoms with E-state index in [4.69, 9.17) is 9.84 Å². The predicted molar refractivity (Wildman–Crippen MR) is 177 cm³/mol. The van der Waals surface area contributed by atoms with Crippen molar-refractivity contribution in [1.29, 1.82) is 0 Å². The number of Topliss-reactive ketones (excluding diaryl/α,β-unsaturated/α-hetero) is 1. The number of carbonyl (C=O) groups is 3. The molecule has 2 N–H and O–H groups in total. The normalized spacial score (nSPS) is 13.6. The van der Waals surface area contributed by atoms with E-state index in [0.717, 1.165) is 54.6 Å². The van der Waals surface area contributed by atoms with Gasteiger partial charge in [0, 0.05) is 16.9 Å². The molecule has 1 atom stereocenters. The Kier molecular flexibility index (Phi) is 27.7. The predicted octanol–water partition coefficient (Wildman–Crippen LogP) is -12.2.